The molecule has 5 aromatic carbocycles. The van der Waals surface area contributed by atoms with Crippen molar-refractivity contribution in [2.45, 2.75) is 18.8 Å². The Kier molecular flexibility index (Phi) is 5.04. The third kappa shape index (κ3) is 3.08. The highest BCUT2D eigenvalue weighted by molar-refractivity contribution is 5.88. The zero-order chi connectivity index (χ0) is 23.0. The molecule has 1 aliphatic rings. The second-order valence-electron chi connectivity index (χ2n) is 8.91. The molecule has 0 N–H and O–H groups in total. The number of anilines is 3. The summed E-state index contributed by atoms with van der Waals surface area (Å²) in [5.41, 5.74) is 10.0. The van der Waals surface area contributed by atoms with Crippen LogP contribution in [0.5, 0.6) is 0 Å². The maximum Gasteiger partial charge on any atom is 0.0506 e. The first-order valence-corrected chi connectivity index (χ1v) is 12.0. The van der Waals surface area contributed by atoms with E-state index in [1.807, 2.05) is 0 Å². The lowest BCUT2D eigenvalue weighted by atomic mass is 9.64. The fourth-order valence-electron chi connectivity index (χ4n) is 5.66. The molecule has 0 spiro atoms. The smallest absolute Gasteiger partial charge is 0.0506 e. The Balaban J connectivity index is 1.57. The molecule has 0 atom stereocenters. The predicted octanol–water partition coefficient (Wildman–Crippen LogP) is 8.88. The van der Waals surface area contributed by atoms with Crippen molar-refractivity contribution >= 4 is 17.1 Å². The zero-order valence-corrected chi connectivity index (χ0v) is 19.4. The average molecular weight is 438 g/mol. The molecule has 0 radical (unpaired) electrons. The summed E-state index contributed by atoms with van der Waals surface area (Å²) in [6, 6.07) is 48.3. The molecule has 0 saturated heterocycles. The molecule has 0 aliphatic carbocycles. The lowest BCUT2D eigenvalue weighted by molar-refractivity contribution is 0.587. The maximum atomic E-state index is 2.43. The second-order valence-corrected chi connectivity index (χ2v) is 8.91. The van der Waals surface area contributed by atoms with Crippen LogP contribution in [-0.4, -0.2) is 0 Å². The van der Waals surface area contributed by atoms with Gasteiger partial charge in [0, 0.05) is 11.1 Å². The third-order valence-electron chi connectivity index (χ3n) is 7.24. The van der Waals surface area contributed by atoms with Crippen molar-refractivity contribution in [2.24, 2.45) is 0 Å². The van der Waals surface area contributed by atoms with Gasteiger partial charge in [0.1, 0.15) is 0 Å². The lowest BCUT2D eigenvalue weighted by Crippen LogP contribution is -2.36. The van der Waals surface area contributed by atoms with Gasteiger partial charge in [-0.15, -0.1) is 0 Å². The van der Waals surface area contributed by atoms with Crippen LogP contribution in [-0.2, 0) is 5.41 Å². The average Bonchev–Trinajstić information content (AvgIpc) is 2.93. The normalized spacial score (nSPS) is 13.7. The molecule has 1 aliphatic heterocycles. The fourth-order valence-corrected chi connectivity index (χ4v) is 5.66. The van der Waals surface area contributed by atoms with Gasteiger partial charge in [0.2, 0.25) is 0 Å². The highest BCUT2D eigenvalue weighted by Gasteiger charge is 2.43. The number of para-hydroxylation sites is 2. The van der Waals surface area contributed by atoms with Crippen molar-refractivity contribution in [3.63, 3.8) is 0 Å². The molecule has 6 rings (SSSR count). The lowest BCUT2D eigenvalue weighted by Gasteiger charge is -2.45. The van der Waals surface area contributed by atoms with Gasteiger partial charge in [-0.1, -0.05) is 116 Å². The Bertz CT molecular complexity index is 1370. The summed E-state index contributed by atoms with van der Waals surface area (Å²) in [5.74, 6) is 0. The minimum Gasteiger partial charge on any atom is -0.310 e. The van der Waals surface area contributed by atoms with Gasteiger partial charge in [-0.3, -0.25) is 0 Å². The number of nitrogens with zero attached hydrogens (tertiary/aromatic N) is 1. The highest BCUT2D eigenvalue weighted by atomic mass is 15.2. The molecule has 5 aromatic rings. The maximum absolute atomic E-state index is 2.43. The molecule has 34 heavy (non-hydrogen) atoms. The summed E-state index contributed by atoms with van der Waals surface area (Å²) >= 11 is 0. The Morgan fingerprint density at radius 1 is 0.500 bits per heavy atom. The van der Waals surface area contributed by atoms with Crippen LogP contribution in [0.4, 0.5) is 17.1 Å². The Morgan fingerprint density at radius 3 is 1.53 bits per heavy atom. The van der Waals surface area contributed by atoms with Crippen molar-refractivity contribution in [3.8, 4) is 11.1 Å². The number of hydrogen-bond donors (Lipinski definition) is 0. The monoisotopic (exact) mass is 437 g/mol. The number of hydrogen-bond acceptors (Lipinski definition) is 1. The van der Waals surface area contributed by atoms with E-state index in [0.29, 0.717) is 0 Å². The first kappa shape index (κ1) is 20.5. The summed E-state index contributed by atoms with van der Waals surface area (Å²) in [5, 5.41) is 0. The van der Waals surface area contributed by atoms with Crippen LogP contribution in [0.3, 0.4) is 0 Å². The molecule has 0 aromatic heterocycles. The van der Waals surface area contributed by atoms with Crippen LogP contribution >= 0.6 is 0 Å². The number of rotatable bonds is 4. The molecule has 1 heterocycles. The van der Waals surface area contributed by atoms with E-state index >= 15 is 0 Å². The van der Waals surface area contributed by atoms with Crippen molar-refractivity contribution in [1.29, 1.82) is 0 Å². The number of fused-ring (bicyclic) bond motifs is 2. The van der Waals surface area contributed by atoms with Crippen LogP contribution in [0.15, 0.2) is 133 Å². The molecular formula is C33H27N. The molecule has 0 unspecified atom stereocenters. The van der Waals surface area contributed by atoms with Gasteiger partial charge in [0.25, 0.3) is 0 Å². The van der Waals surface area contributed by atoms with E-state index in [1.54, 1.807) is 0 Å². The Morgan fingerprint density at radius 2 is 0.971 bits per heavy atom. The minimum absolute atomic E-state index is 0.186. The van der Waals surface area contributed by atoms with Crippen LogP contribution in [0.25, 0.3) is 11.1 Å². The van der Waals surface area contributed by atoms with Gasteiger partial charge in [0.15, 0.2) is 0 Å². The molecule has 1 heteroatoms. The zero-order valence-electron chi connectivity index (χ0n) is 19.4. The summed E-state index contributed by atoms with van der Waals surface area (Å²) in [6.07, 6.45) is 0.992. The molecule has 0 amide bonds. The van der Waals surface area contributed by atoms with E-state index in [2.05, 4.69) is 145 Å². The van der Waals surface area contributed by atoms with E-state index in [1.165, 1.54) is 44.9 Å². The van der Waals surface area contributed by atoms with Crippen LogP contribution in [0.2, 0.25) is 0 Å². The van der Waals surface area contributed by atoms with Gasteiger partial charge in [-0.25, -0.2) is 0 Å². The molecular weight excluding hydrogens is 410 g/mol. The van der Waals surface area contributed by atoms with Crippen molar-refractivity contribution < 1.29 is 0 Å². The SMILES string of the molecule is CCC1(c2ccccc2)c2ccccc2N(c2ccc(-c3ccccc3)cc2)c2ccccc21. The van der Waals surface area contributed by atoms with Gasteiger partial charge < -0.3 is 4.90 Å². The Hall–Kier alpha value is -4.10. The van der Waals surface area contributed by atoms with E-state index in [4.69, 9.17) is 0 Å². The first-order chi connectivity index (χ1) is 16.8. The minimum atomic E-state index is -0.186. The van der Waals surface area contributed by atoms with Gasteiger partial charge in [-0.05, 0) is 58.5 Å². The Labute approximate surface area is 202 Å². The molecule has 164 valence electrons. The molecule has 0 fully saturated rings. The van der Waals surface area contributed by atoms with Crippen LogP contribution < -0.4 is 4.90 Å². The van der Waals surface area contributed by atoms with E-state index in [0.717, 1.165) is 6.42 Å². The molecule has 0 bridgehead atoms. The van der Waals surface area contributed by atoms with Crippen LogP contribution in [0, 0.1) is 0 Å². The second kappa shape index (κ2) is 8.35. The van der Waals surface area contributed by atoms with E-state index < -0.39 is 0 Å². The first-order valence-electron chi connectivity index (χ1n) is 12.0. The topological polar surface area (TPSA) is 3.24 Å². The summed E-state index contributed by atoms with van der Waals surface area (Å²) < 4.78 is 0. The highest BCUT2D eigenvalue weighted by Crippen LogP contribution is 2.56. The predicted molar refractivity (Wildman–Crippen MR) is 143 cm³/mol. The molecule has 1 nitrogen and oxygen atoms in total. The summed E-state index contributed by atoms with van der Waals surface area (Å²) in [7, 11) is 0. The van der Waals surface area contributed by atoms with Crippen LogP contribution in [0.1, 0.15) is 30.0 Å². The summed E-state index contributed by atoms with van der Waals surface area (Å²) in [6.45, 7) is 2.31. The van der Waals surface area contributed by atoms with E-state index in [9.17, 15) is 0 Å². The summed E-state index contributed by atoms with van der Waals surface area (Å²) in [4.78, 5) is 2.43. The van der Waals surface area contributed by atoms with Crippen molar-refractivity contribution in [2.75, 3.05) is 4.90 Å². The third-order valence-corrected chi connectivity index (χ3v) is 7.24. The largest absolute Gasteiger partial charge is 0.310 e. The fraction of sp³-hybridized carbons (Fsp3) is 0.0909. The van der Waals surface area contributed by atoms with Gasteiger partial charge in [0.05, 0.1) is 11.4 Å². The van der Waals surface area contributed by atoms with Gasteiger partial charge >= 0.3 is 0 Å². The van der Waals surface area contributed by atoms with Crippen molar-refractivity contribution in [1.82, 2.24) is 0 Å². The van der Waals surface area contributed by atoms with E-state index in [-0.39, 0.29) is 5.41 Å². The van der Waals surface area contributed by atoms with Gasteiger partial charge in [-0.2, -0.15) is 0 Å². The van der Waals surface area contributed by atoms with Crippen molar-refractivity contribution in [3.05, 3.63) is 150 Å². The number of benzene rings is 5. The standard InChI is InChI=1S/C33H27N/c1-2-33(27-15-7-4-8-16-27)29-17-9-11-19-31(29)34(32-20-12-10-18-30(32)33)28-23-21-26(22-24-28)25-13-5-3-6-14-25/h3-24H,2H2,1H3. The molecule has 0 saturated carbocycles. The quantitative estimate of drug-likeness (QED) is 0.271.